The van der Waals surface area contributed by atoms with Crippen molar-refractivity contribution in [1.29, 1.82) is 0 Å². The lowest BCUT2D eigenvalue weighted by molar-refractivity contribution is 0.142. The van der Waals surface area contributed by atoms with Gasteiger partial charge in [-0.2, -0.15) is 0 Å². The molecule has 0 aromatic rings. The van der Waals surface area contributed by atoms with Crippen molar-refractivity contribution in [2.75, 3.05) is 67.0 Å². The maximum atomic E-state index is 3.51. The number of rotatable bonds is 5. The summed E-state index contributed by atoms with van der Waals surface area (Å²) in [6.45, 7) is 8.54. The SMILES string of the molecule is CN1CCC(CCN(C)CC2CNCCN2C)CC1. The third-order valence-corrected chi connectivity index (χ3v) is 4.92. The molecule has 0 aromatic carbocycles. The second-order valence-electron chi connectivity index (χ2n) is 6.64. The van der Waals surface area contributed by atoms with Gasteiger partial charge in [-0.3, -0.25) is 4.90 Å². The molecule has 4 heteroatoms. The molecule has 0 aromatic heterocycles. The Balaban J connectivity index is 1.62. The first-order chi connectivity index (χ1) is 9.15. The van der Waals surface area contributed by atoms with E-state index >= 15 is 0 Å². The molecule has 1 atom stereocenters. The summed E-state index contributed by atoms with van der Waals surface area (Å²) in [6, 6.07) is 0.691. The van der Waals surface area contributed by atoms with E-state index in [4.69, 9.17) is 0 Å². The lowest BCUT2D eigenvalue weighted by Crippen LogP contribution is -2.53. The highest BCUT2D eigenvalue weighted by molar-refractivity contribution is 4.80. The van der Waals surface area contributed by atoms with Gasteiger partial charge in [-0.25, -0.2) is 0 Å². The Labute approximate surface area is 119 Å². The third kappa shape index (κ3) is 5.03. The molecule has 0 spiro atoms. The lowest BCUT2D eigenvalue weighted by atomic mass is 9.93. The predicted molar refractivity (Wildman–Crippen MR) is 81.6 cm³/mol. The van der Waals surface area contributed by atoms with Crippen molar-refractivity contribution in [2.24, 2.45) is 5.92 Å². The summed E-state index contributed by atoms with van der Waals surface area (Å²) in [6.07, 6.45) is 4.18. The zero-order valence-corrected chi connectivity index (χ0v) is 13.1. The van der Waals surface area contributed by atoms with Crippen molar-refractivity contribution in [1.82, 2.24) is 20.0 Å². The Morgan fingerprint density at radius 2 is 1.89 bits per heavy atom. The first-order valence-corrected chi connectivity index (χ1v) is 7.93. The van der Waals surface area contributed by atoms with Crippen molar-refractivity contribution in [3.8, 4) is 0 Å². The number of hydrogen-bond acceptors (Lipinski definition) is 4. The molecular formula is C15H32N4. The summed E-state index contributed by atoms with van der Waals surface area (Å²) in [7, 11) is 6.79. The van der Waals surface area contributed by atoms with Gasteiger partial charge in [0.1, 0.15) is 0 Å². The van der Waals surface area contributed by atoms with Gasteiger partial charge < -0.3 is 15.1 Å². The third-order valence-electron chi connectivity index (χ3n) is 4.92. The Kier molecular flexibility index (Phi) is 6.07. The molecule has 2 aliphatic rings. The molecule has 2 fully saturated rings. The van der Waals surface area contributed by atoms with Gasteiger partial charge in [0.05, 0.1) is 0 Å². The summed E-state index contributed by atoms with van der Waals surface area (Å²) in [5.41, 5.74) is 0. The van der Waals surface area contributed by atoms with Crippen molar-refractivity contribution in [3.05, 3.63) is 0 Å². The van der Waals surface area contributed by atoms with E-state index in [1.165, 1.54) is 52.0 Å². The van der Waals surface area contributed by atoms with E-state index in [0.717, 1.165) is 19.0 Å². The topological polar surface area (TPSA) is 21.8 Å². The van der Waals surface area contributed by atoms with E-state index in [2.05, 4.69) is 41.2 Å². The summed E-state index contributed by atoms with van der Waals surface area (Å²) in [5, 5.41) is 3.51. The van der Waals surface area contributed by atoms with E-state index in [9.17, 15) is 0 Å². The van der Waals surface area contributed by atoms with Gasteiger partial charge in [-0.05, 0) is 66.0 Å². The Morgan fingerprint density at radius 1 is 1.16 bits per heavy atom. The molecule has 1 unspecified atom stereocenters. The fourth-order valence-corrected chi connectivity index (χ4v) is 3.27. The van der Waals surface area contributed by atoms with Gasteiger partial charge in [0.2, 0.25) is 0 Å². The van der Waals surface area contributed by atoms with Crippen LogP contribution in [0.4, 0.5) is 0 Å². The number of likely N-dealkylation sites (N-methyl/N-ethyl adjacent to an activating group) is 2. The molecular weight excluding hydrogens is 236 g/mol. The Bertz CT molecular complexity index is 251. The molecule has 0 amide bonds. The number of nitrogens with one attached hydrogen (secondary N) is 1. The molecule has 1 N–H and O–H groups in total. The summed E-state index contributed by atoms with van der Waals surface area (Å²) in [4.78, 5) is 7.50. The van der Waals surface area contributed by atoms with E-state index < -0.39 is 0 Å². The molecule has 2 saturated heterocycles. The monoisotopic (exact) mass is 268 g/mol. The molecule has 4 nitrogen and oxygen atoms in total. The minimum Gasteiger partial charge on any atom is -0.314 e. The number of piperazine rings is 1. The number of hydrogen-bond donors (Lipinski definition) is 1. The number of piperidine rings is 1. The minimum atomic E-state index is 0.691. The zero-order valence-electron chi connectivity index (χ0n) is 13.1. The van der Waals surface area contributed by atoms with Crippen LogP contribution in [0.5, 0.6) is 0 Å². The van der Waals surface area contributed by atoms with Crippen LogP contribution in [0.3, 0.4) is 0 Å². The van der Waals surface area contributed by atoms with Crippen molar-refractivity contribution >= 4 is 0 Å². The van der Waals surface area contributed by atoms with Gasteiger partial charge in [-0.1, -0.05) is 0 Å². The fourth-order valence-electron chi connectivity index (χ4n) is 3.27. The Morgan fingerprint density at radius 3 is 2.58 bits per heavy atom. The van der Waals surface area contributed by atoms with Crippen molar-refractivity contribution in [3.63, 3.8) is 0 Å². The first-order valence-electron chi connectivity index (χ1n) is 7.93. The highest BCUT2D eigenvalue weighted by Gasteiger charge is 2.21. The van der Waals surface area contributed by atoms with Gasteiger partial charge in [0, 0.05) is 32.2 Å². The van der Waals surface area contributed by atoms with Gasteiger partial charge in [-0.15, -0.1) is 0 Å². The highest BCUT2D eigenvalue weighted by Crippen LogP contribution is 2.19. The summed E-state index contributed by atoms with van der Waals surface area (Å²) >= 11 is 0. The van der Waals surface area contributed by atoms with Crippen LogP contribution in [-0.4, -0.2) is 87.7 Å². The highest BCUT2D eigenvalue weighted by atomic mass is 15.2. The van der Waals surface area contributed by atoms with Crippen LogP contribution in [-0.2, 0) is 0 Å². The molecule has 2 aliphatic heterocycles. The van der Waals surface area contributed by atoms with E-state index in [1.807, 2.05) is 0 Å². The van der Waals surface area contributed by atoms with Crippen LogP contribution in [0.1, 0.15) is 19.3 Å². The average Bonchev–Trinajstić information content (AvgIpc) is 2.41. The number of nitrogens with zero attached hydrogens (tertiary/aromatic N) is 3. The lowest BCUT2D eigenvalue weighted by Gasteiger charge is -2.36. The standard InChI is InChI=1S/C15H32N4/c1-17-8-4-14(5-9-17)6-10-18(2)13-15-12-16-7-11-19(15)3/h14-16H,4-13H2,1-3H3. The maximum absolute atomic E-state index is 3.51. The van der Waals surface area contributed by atoms with E-state index in [1.54, 1.807) is 0 Å². The van der Waals surface area contributed by atoms with Gasteiger partial charge in [0.15, 0.2) is 0 Å². The molecule has 19 heavy (non-hydrogen) atoms. The molecule has 0 saturated carbocycles. The molecule has 112 valence electrons. The Hall–Kier alpha value is -0.160. The summed E-state index contributed by atoms with van der Waals surface area (Å²) in [5.74, 6) is 0.959. The number of likely N-dealkylation sites (tertiary alicyclic amines) is 1. The second-order valence-corrected chi connectivity index (χ2v) is 6.64. The maximum Gasteiger partial charge on any atom is 0.0345 e. The normalized spacial score (nSPS) is 28.1. The smallest absolute Gasteiger partial charge is 0.0345 e. The van der Waals surface area contributed by atoms with Crippen LogP contribution in [0.15, 0.2) is 0 Å². The van der Waals surface area contributed by atoms with Crippen LogP contribution in [0.2, 0.25) is 0 Å². The van der Waals surface area contributed by atoms with E-state index in [-0.39, 0.29) is 0 Å². The molecule has 0 bridgehead atoms. The second kappa shape index (κ2) is 7.58. The minimum absolute atomic E-state index is 0.691. The zero-order chi connectivity index (χ0) is 13.7. The fraction of sp³-hybridized carbons (Fsp3) is 1.00. The van der Waals surface area contributed by atoms with Crippen molar-refractivity contribution in [2.45, 2.75) is 25.3 Å². The van der Waals surface area contributed by atoms with Crippen LogP contribution < -0.4 is 5.32 Å². The predicted octanol–water partition coefficient (Wildman–Crippen LogP) is 0.554. The van der Waals surface area contributed by atoms with E-state index in [0.29, 0.717) is 6.04 Å². The van der Waals surface area contributed by atoms with Crippen LogP contribution in [0, 0.1) is 5.92 Å². The van der Waals surface area contributed by atoms with Crippen LogP contribution >= 0.6 is 0 Å². The quantitative estimate of drug-likeness (QED) is 0.786. The molecule has 0 radical (unpaired) electrons. The van der Waals surface area contributed by atoms with Gasteiger partial charge >= 0.3 is 0 Å². The average molecular weight is 268 g/mol. The van der Waals surface area contributed by atoms with Crippen molar-refractivity contribution < 1.29 is 0 Å². The summed E-state index contributed by atoms with van der Waals surface area (Å²) < 4.78 is 0. The molecule has 0 aliphatic carbocycles. The molecule has 2 heterocycles. The first kappa shape index (κ1) is 15.2. The van der Waals surface area contributed by atoms with Gasteiger partial charge in [0.25, 0.3) is 0 Å². The van der Waals surface area contributed by atoms with Crippen LogP contribution in [0.25, 0.3) is 0 Å². The molecule has 2 rings (SSSR count). The largest absolute Gasteiger partial charge is 0.314 e.